The normalized spacial score (nSPS) is 11.5. The van der Waals surface area contributed by atoms with Crippen LogP contribution in [0.25, 0.3) is 16.5 Å². The van der Waals surface area contributed by atoms with Gasteiger partial charge < -0.3 is 18.8 Å². The Morgan fingerprint density at radius 3 is 2.61 bits per heavy atom. The molecule has 28 heavy (non-hydrogen) atoms. The molecule has 6 nitrogen and oxygen atoms in total. The van der Waals surface area contributed by atoms with Crippen LogP contribution in [0.5, 0.6) is 5.75 Å². The first kappa shape index (κ1) is 21.5. The molecule has 1 aromatic heterocycles. The number of rotatable bonds is 10. The molecule has 1 amide bonds. The van der Waals surface area contributed by atoms with Crippen molar-refractivity contribution in [2.45, 2.75) is 40.5 Å². The summed E-state index contributed by atoms with van der Waals surface area (Å²) in [5, 5.41) is 0.904. The van der Waals surface area contributed by atoms with E-state index >= 15 is 0 Å². The topological polar surface area (TPSA) is 69.0 Å². The van der Waals surface area contributed by atoms with E-state index in [2.05, 4.69) is 0 Å². The van der Waals surface area contributed by atoms with Gasteiger partial charge in [-0.3, -0.25) is 9.59 Å². The highest BCUT2D eigenvalue weighted by Crippen LogP contribution is 2.31. The third-order valence-electron chi connectivity index (χ3n) is 4.40. The Hall–Kier alpha value is -2.76. The summed E-state index contributed by atoms with van der Waals surface area (Å²) in [7, 11) is 0. The number of benzene rings is 1. The lowest BCUT2D eigenvalue weighted by molar-refractivity contribution is -0.143. The lowest BCUT2D eigenvalue weighted by Crippen LogP contribution is -2.28. The molecular formula is C22H29NO5. The highest BCUT2D eigenvalue weighted by Gasteiger charge is 2.13. The molecule has 0 saturated carbocycles. The predicted octanol–water partition coefficient (Wildman–Crippen LogP) is 4.43. The molecular weight excluding hydrogens is 358 g/mol. The molecule has 0 aliphatic rings. The van der Waals surface area contributed by atoms with Crippen molar-refractivity contribution in [3.8, 4) is 5.75 Å². The van der Waals surface area contributed by atoms with Gasteiger partial charge in [0.1, 0.15) is 5.76 Å². The van der Waals surface area contributed by atoms with Gasteiger partial charge in [-0.05, 0) is 51.8 Å². The quantitative estimate of drug-likeness (QED) is 0.343. The minimum absolute atomic E-state index is 0.0293. The fraction of sp³-hybridized carbons (Fsp3) is 0.455. The van der Waals surface area contributed by atoms with Gasteiger partial charge in [-0.1, -0.05) is 12.1 Å². The van der Waals surface area contributed by atoms with Crippen molar-refractivity contribution in [2.24, 2.45) is 0 Å². The number of hydrogen-bond donors (Lipinski definition) is 0. The third-order valence-corrected chi connectivity index (χ3v) is 4.40. The molecule has 0 atom stereocenters. The maximum atomic E-state index is 12.3. The summed E-state index contributed by atoms with van der Waals surface area (Å²) in [5.74, 6) is 1.01. The highest BCUT2D eigenvalue weighted by molar-refractivity contribution is 5.95. The Labute approximate surface area is 166 Å². The zero-order chi connectivity index (χ0) is 20.5. The van der Waals surface area contributed by atoms with Crippen LogP contribution < -0.4 is 4.74 Å². The minimum Gasteiger partial charge on any atom is -0.490 e. The molecule has 1 heterocycles. The zero-order valence-electron chi connectivity index (χ0n) is 17.1. The average molecular weight is 387 g/mol. The highest BCUT2D eigenvalue weighted by atomic mass is 16.5. The second-order valence-corrected chi connectivity index (χ2v) is 6.38. The van der Waals surface area contributed by atoms with Crippen molar-refractivity contribution in [2.75, 3.05) is 26.3 Å². The molecule has 0 unspecified atom stereocenters. The number of amides is 1. The maximum Gasteiger partial charge on any atom is 0.305 e. The van der Waals surface area contributed by atoms with E-state index in [9.17, 15) is 9.59 Å². The van der Waals surface area contributed by atoms with Crippen LogP contribution in [0, 0.1) is 0 Å². The van der Waals surface area contributed by atoms with Gasteiger partial charge in [-0.15, -0.1) is 0 Å². The van der Waals surface area contributed by atoms with E-state index in [4.69, 9.17) is 13.9 Å². The Morgan fingerprint density at radius 2 is 1.93 bits per heavy atom. The van der Waals surface area contributed by atoms with Crippen molar-refractivity contribution in [3.63, 3.8) is 0 Å². The van der Waals surface area contributed by atoms with Gasteiger partial charge in [0.25, 0.3) is 0 Å². The van der Waals surface area contributed by atoms with Gasteiger partial charge in [0.15, 0.2) is 11.3 Å². The van der Waals surface area contributed by atoms with Gasteiger partial charge in [-0.2, -0.15) is 0 Å². The molecule has 0 aliphatic carbocycles. The van der Waals surface area contributed by atoms with Crippen LogP contribution in [0.2, 0.25) is 0 Å². The molecule has 0 N–H and O–H groups in total. The van der Waals surface area contributed by atoms with Crippen molar-refractivity contribution in [1.82, 2.24) is 4.90 Å². The summed E-state index contributed by atoms with van der Waals surface area (Å²) in [5.41, 5.74) is 1.40. The summed E-state index contributed by atoms with van der Waals surface area (Å²) in [6.45, 7) is 9.68. The lowest BCUT2D eigenvalue weighted by Gasteiger charge is -2.16. The summed E-state index contributed by atoms with van der Waals surface area (Å²) in [6, 6.07) is 7.57. The number of furan rings is 1. The smallest absolute Gasteiger partial charge is 0.305 e. The molecule has 2 aromatic rings. The van der Waals surface area contributed by atoms with Crippen LogP contribution in [0.1, 0.15) is 46.3 Å². The molecule has 0 aliphatic heterocycles. The Bertz CT molecular complexity index is 833. The first-order valence-corrected chi connectivity index (χ1v) is 9.78. The van der Waals surface area contributed by atoms with E-state index in [-0.39, 0.29) is 11.9 Å². The molecule has 2 rings (SSSR count). The third kappa shape index (κ3) is 5.62. The number of carbonyl (C=O) groups is 2. The van der Waals surface area contributed by atoms with Crippen LogP contribution >= 0.6 is 0 Å². The number of fused-ring (bicyclic) bond motifs is 1. The number of nitrogens with zero attached hydrogens (tertiary/aromatic N) is 1. The molecule has 0 bridgehead atoms. The van der Waals surface area contributed by atoms with Crippen molar-refractivity contribution < 1.29 is 23.5 Å². The van der Waals surface area contributed by atoms with E-state index in [1.807, 2.05) is 45.0 Å². The van der Waals surface area contributed by atoms with Crippen LogP contribution in [0.15, 0.2) is 34.8 Å². The number of likely N-dealkylation sites (N-methyl/N-ethyl adjacent to an activating group) is 1. The number of carbonyl (C=O) groups excluding carboxylic acids is 2. The fourth-order valence-corrected chi connectivity index (χ4v) is 2.86. The number of hydrogen-bond acceptors (Lipinski definition) is 5. The largest absolute Gasteiger partial charge is 0.490 e. The number of allylic oxidation sites excluding steroid dienone is 1. The Balaban J connectivity index is 2.10. The van der Waals surface area contributed by atoms with Crippen molar-refractivity contribution in [1.29, 1.82) is 0 Å². The molecule has 0 radical (unpaired) electrons. The Kier molecular flexibility index (Phi) is 8.11. The van der Waals surface area contributed by atoms with E-state index in [0.717, 1.165) is 11.0 Å². The van der Waals surface area contributed by atoms with Gasteiger partial charge >= 0.3 is 5.97 Å². The second kappa shape index (κ2) is 10.5. The van der Waals surface area contributed by atoms with E-state index in [1.165, 1.54) is 0 Å². The van der Waals surface area contributed by atoms with E-state index < -0.39 is 0 Å². The van der Waals surface area contributed by atoms with Gasteiger partial charge in [0.05, 0.1) is 13.2 Å². The minimum atomic E-state index is -0.219. The fourth-order valence-electron chi connectivity index (χ4n) is 2.86. The van der Waals surface area contributed by atoms with Crippen LogP contribution in [-0.4, -0.2) is 43.1 Å². The maximum absolute atomic E-state index is 12.3. The first-order chi connectivity index (χ1) is 13.5. The van der Waals surface area contributed by atoms with Crippen molar-refractivity contribution >= 4 is 28.4 Å². The summed E-state index contributed by atoms with van der Waals surface area (Å²) in [6.07, 6.45) is 2.49. The molecule has 0 spiro atoms. The molecule has 1 aromatic carbocycles. The molecule has 6 heteroatoms. The standard InChI is InChI=1S/C22H29NO5/c1-5-23(6-2)20(24)14-16(4)19-15-17-10-8-11-18(22(17)28-19)27-13-9-12-21(25)26-7-3/h8,10-11,14-15H,5-7,9,12-13H2,1-4H3/b16-14-. The van der Waals surface area contributed by atoms with Gasteiger partial charge in [0.2, 0.25) is 5.91 Å². The first-order valence-electron chi connectivity index (χ1n) is 9.78. The summed E-state index contributed by atoms with van der Waals surface area (Å²) < 4.78 is 16.7. The SMILES string of the molecule is CCOC(=O)CCCOc1cccc2cc(/C(C)=C\C(=O)N(CC)CC)oc12. The van der Waals surface area contributed by atoms with Gasteiger partial charge in [0, 0.05) is 31.0 Å². The molecule has 152 valence electrons. The molecule has 0 saturated heterocycles. The Morgan fingerprint density at radius 1 is 1.18 bits per heavy atom. The number of ether oxygens (including phenoxy) is 2. The summed E-state index contributed by atoms with van der Waals surface area (Å²) >= 11 is 0. The lowest BCUT2D eigenvalue weighted by atomic mass is 10.2. The predicted molar refractivity (Wildman–Crippen MR) is 109 cm³/mol. The van der Waals surface area contributed by atoms with E-state index in [1.54, 1.807) is 17.9 Å². The van der Waals surface area contributed by atoms with E-state index in [0.29, 0.717) is 56.2 Å². The zero-order valence-corrected chi connectivity index (χ0v) is 17.1. The van der Waals surface area contributed by atoms with Crippen LogP contribution in [-0.2, 0) is 14.3 Å². The van der Waals surface area contributed by atoms with Gasteiger partial charge in [-0.25, -0.2) is 0 Å². The molecule has 0 fully saturated rings. The average Bonchev–Trinajstić information content (AvgIpc) is 3.11. The number of esters is 1. The summed E-state index contributed by atoms with van der Waals surface area (Å²) in [4.78, 5) is 25.4. The second-order valence-electron chi connectivity index (χ2n) is 6.38. The monoisotopic (exact) mass is 387 g/mol. The van der Waals surface area contributed by atoms with Crippen LogP contribution in [0.3, 0.4) is 0 Å². The van der Waals surface area contributed by atoms with Crippen molar-refractivity contribution in [3.05, 3.63) is 36.1 Å². The van der Waals surface area contributed by atoms with Crippen LogP contribution in [0.4, 0.5) is 0 Å². The number of para-hydroxylation sites is 1.